The van der Waals surface area contributed by atoms with Crippen LogP contribution in [-0.4, -0.2) is 33.1 Å². The zero-order valence-electron chi connectivity index (χ0n) is 24.5. The van der Waals surface area contributed by atoms with E-state index in [1.165, 1.54) is 0 Å². The molecule has 12 heteroatoms. The Morgan fingerprint density at radius 1 is 0.933 bits per heavy atom. The van der Waals surface area contributed by atoms with Crippen molar-refractivity contribution in [3.8, 4) is 16.9 Å². The number of hydrogen-bond donors (Lipinski definition) is 2. The molecule has 0 aliphatic carbocycles. The zero-order chi connectivity index (χ0) is 32.4. The molecule has 5 rings (SSSR count). The smallest absolute Gasteiger partial charge is 0.433 e. The molecule has 3 aromatic carbocycles. The van der Waals surface area contributed by atoms with Crippen LogP contribution in [0.15, 0.2) is 83.7 Å². The van der Waals surface area contributed by atoms with Gasteiger partial charge >= 0.3 is 12.1 Å². The van der Waals surface area contributed by atoms with Gasteiger partial charge in [-0.3, -0.25) is 9.78 Å². The molecular formula is C33H28ClF3N4O4. The highest BCUT2D eigenvalue weighted by Gasteiger charge is 2.34. The Labute approximate surface area is 261 Å². The number of aromatic nitrogens is 3. The Balaban J connectivity index is 1.44. The molecular weight excluding hydrogens is 609 g/mol. The summed E-state index contributed by atoms with van der Waals surface area (Å²) in [6, 6.07) is 21.4. The van der Waals surface area contributed by atoms with Crippen molar-refractivity contribution >= 4 is 40.2 Å². The largest absolute Gasteiger partial charge is 0.493 e. The Hall–Kier alpha value is -4.90. The van der Waals surface area contributed by atoms with E-state index < -0.39 is 29.0 Å². The van der Waals surface area contributed by atoms with Crippen molar-refractivity contribution in [3.63, 3.8) is 0 Å². The first-order valence-corrected chi connectivity index (χ1v) is 14.3. The summed E-state index contributed by atoms with van der Waals surface area (Å²) in [5.74, 6) is -0.262. The molecule has 0 saturated heterocycles. The minimum Gasteiger partial charge on any atom is -0.493 e. The maximum absolute atomic E-state index is 13.8. The number of carbonyl (C=O) groups is 1. The van der Waals surface area contributed by atoms with E-state index >= 15 is 0 Å². The number of carbonyl (C=O) groups excluding carboxylic acids is 1. The van der Waals surface area contributed by atoms with E-state index in [1.54, 1.807) is 93.6 Å². The summed E-state index contributed by atoms with van der Waals surface area (Å²) < 4.78 is 53.0. The molecule has 8 nitrogen and oxygen atoms in total. The third-order valence-electron chi connectivity index (χ3n) is 6.51. The number of ether oxygens (including phenoxy) is 2. The van der Waals surface area contributed by atoms with Crippen LogP contribution in [0.4, 0.5) is 24.8 Å². The van der Waals surface area contributed by atoms with Crippen molar-refractivity contribution < 1.29 is 27.4 Å². The van der Waals surface area contributed by atoms with Crippen LogP contribution >= 0.6 is 11.6 Å². The molecule has 232 valence electrons. The highest BCUT2D eigenvalue weighted by atomic mass is 35.5. The van der Waals surface area contributed by atoms with Crippen LogP contribution in [0.25, 0.3) is 22.2 Å². The molecule has 0 unspecified atom stereocenters. The number of alkyl halides is 3. The Morgan fingerprint density at radius 2 is 1.62 bits per heavy atom. The third kappa shape index (κ3) is 7.43. The maximum Gasteiger partial charge on any atom is 0.433 e. The topological polar surface area (TPSA) is 106 Å². The number of H-pyrrole nitrogens is 1. The molecule has 0 radical (unpaired) electrons. The fourth-order valence-corrected chi connectivity index (χ4v) is 4.90. The summed E-state index contributed by atoms with van der Waals surface area (Å²) in [5, 5.41) is 2.96. The number of benzene rings is 3. The summed E-state index contributed by atoms with van der Waals surface area (Å²) in [6.07, 6.45) is -4.85. The normalized spacial score (nSPS) is 11.8. The lowest BCUT2D eigenvalue weighted by Crippen LogP contribution is -2.24. The lowest BCUT2D eigenvalue weighted by atomic mass is 10.0. The number of fused-ring (bicyclic) bond motifs is 1. The Morgan fingerprint density at radius 3 is 2.33 bits per heavy atom. The Bertz CT molecular complexity index is 1920. The molecule has 0 bridgehead atoms. The molecule has 2 heterocycles. The van der Waals surface area contributed by atoms with Gasteiger partial charge in [0.25, 0.3) is 5.56 Å². The fraction of sp³-hybridized carbons (Fsp3) is 0.212. The number of esters is 1. The number of anilines is 2. The van der Waals surface area contributed by atoms with Gasteiger partial charge in [-0.05, 0) is 56.7 Å². The average molecular weight is 637 g/mol. The summed E-state index contributed by atoms with van der Waals surface area (Å²) in [7, 11) is 0. The van der Waals surface area contributed by atoms with Crippen LogP contribution in [0.1, 0.15) is 42.4 Å². The molecule has 0 fully saturated rings. The first-order chi connectivity index (χ1) is 21.3. The summed E-state index contributed by atoms with van der Waals surface area (Å²) in [6.45, 7) is 5.15. The minimum atomic E-state index is -4.77. The molecule has 0 aliphatic heterocycles. The molecule has 45 heavy (non-hydrogen) atoms. The van der Waals surface area contributed by atoms with Crippen molar-refractivity contribution in [2.45, 2.75) is 39.0 Å². The molecule has 2 N–H and O–H groups in total. The van der Waals surface area contributed by atoms with E-state index in [-0.39, 0.29) is 46.2 Å². The van der Waals surface area contributed by atoms with Gasteiger partial charge in [-0.2, -0.15) is 18.2 Å². The van der Waals surface area contributed by atoms with Crippen LogP contribution in [0.5, 0.6) is 5.75 Å². The highest BCUT2D eigenvalue weighted by Crippen LogP contribution is 2.37. The van der Waals surface area contributed by atoms with Crippen LogP contribution in [-0.2, 0) is 17.3 Å². The Kier molecular flexibility index (Phi) is 8.83. The number of aromatic amines is 1. The van der Waals surface area contributed by atoms with E-state index in [0.29, 0.717) is 22.6 Å². The van der Waals surface area contributed by atoms with Gasteiger partial charge in [0.1, 0.15) is 17.0 Å². The van der Waals surface area contributed by atoms with Gasteiger partial charge in [0.15, 0.2) is 5.65 Å². The van der Waals surface area contributed by atoms with Crippen LogP contribution in [0, 0.1) is 0 Å². The van der Waals surface area contributed by atoms with Gasteiger partial charge in [-0.25, -0.2) is 9.78 Å². The predicted molar refractivity (Wildman–Crippen MR) is 166 cm³/mol. The highest BCUT2D eigenvalue weighted by molar-refractivity contribution is 6.36. The average Bonchev–Trinajstić information content (AvgIpc) is 2.96. The predicted octanol–water partition coefficient (Wildman–Crippen LogP) is 7.98. The number of rotatable bonds is 8. The molecule has 0 atom stereocenters. The van der Waals surface area contributed by atoms with Gasteiger partial charge < -0.3 is 14.8 Å². The SMILES string of the molecule is CC(C)(C)OC(=O)c1cccc(-c2ccccc2OCCc2cc(C(F)(F)F)nc3nc(Nc4ccccc4)[nH]c(=O)c23)c1Cl. The standard InChI is InChI=1S/C33H28ClF3N4O4/c1-32(2,3)45-30(43)23-14-9-13-22(27(23)34)21-12-7-8-15-24(21)44-17-16-19-18-25(33(35,36)37)39-28-26(19)29(42)41-31(40-28)38-20-10-5-4-6-11-20/h4-15,18H,16-17H2,1-3H3,(H2,38,39,40,41,42). The van der Waals surface area contributed by atoms with Crippen LogP contribution in [0.2, 0.25) is 5.02 Å². The number of para-hydroxylation sites is 2. The van der Waals surface area contributed by atoms with Gasteiger partial charge in [0.2, 0.25) is 5.95 Å². The minimum absolute atomic E-state index is 0.0489. The van der Waals surface area contributed by atoms with Gasteiger partial charge in [0.05, 0.1) is 22.6 Å². The number of nitrogens with one attached hydrogen (secondary N) is 2. The summed E-state index contributed by atoms with van der Waals surface area (Å²) in [5.41, 5.74) is -1.03. The first kappa shape index (κ1) is 31.5. The lowest BCUT2D eigenvalue weighted by Gasteiger charge is -2.20. The van der Waals surface area contributed by atoms with Crippen molar-refractivity contribution in [2.75, 3.05) is 11.9 Å². The quantitative estimate of drug-likeness (QED) is 0.166. The van der Waals surface area contributed by atoms with Crippen molar-refractivity contribution in [1.82, 2.24) is 15.0 Å². The number of pyridine rings is 1. The second-order valence-electron chi connectivity index (χ2n) is 11.0. The van der Waals surface area contributed by atoms with Gasteiger partial charge in [-0.15, -0.1) is 0 Å². The lowest BCUT2D eigenvalue weighted by molar-refractivity contribution is -0.141. The van der Waals surface area contributed by atoms with E-state index in [9.17, 15) is 22.8 Å². The van der Waals surface area contributed by atoms with Crippen LogP contribution in [0.3, 0.4) is 0 Å². The second kappa shape index (κ2) is 12.6. The molecule has 5 aromatic rings. The molecule has 0 amide bonds. The monoisotopic (exact) mass is 636 g/mol. The van der Waals surface area contributed by atoms with E-state index in [0.717, 1.165) is 6.07 Å². The number of nitrogens with zero attached hydrogens (tertiary/aromatic N) is 2. The van der Waals surface area contributed by atoms with E-state index in [4.69, 9.17) is 21.1 Å². The molecule has 0 spiro atoms. The molecule has 0 saturated carbocycles. The molecule has 0 aliphatic rings. The number of hydrogen-bond acceptors (Lipinski definition) is 7. The van der Waals surface area contributed by atoms with Crippen molar-refractivity contribution in [2.24, 2.45) is 0 Å². The van der Waals surface area contributed by atoms with Crippen molar-refractivity contribution in [3.05, 3.63) is 111 Å². The maximum atomic E-state index is 13.8. The van der Waals surface area contributed by atoms with Crippen molar-refractivity contribution in [1.29, 1.82) is 0 Å². The first-order valence-electron chi connectivity index (χ1n) is 13.9. The van der Waals surface area contributed by atoms with Gasteiger partial charge in [-0.1, -0.05) is 60.1 Å². The summed E-state index contributed by atoms with van der Waals surface area (Å²) in [4.78, 5) is 36.3. The van der Waals surface area contributed by atoms with Crippen LogP contribution < -0.4 is 15.6 Å². The number of halogens is 4. The van der Waals surface area contributed by atoms with E-state index in [1.807, 2.05) is 0 Å². The second-order valence-corrected chi connectivity index (χ2v) is 11.4. The third-order valence-corrected chi connectivity index (χ3v) is 6.92. The van der Waals surface area contributed by atoms with E-state index in [2.05, 4.69) is 20.3 Å². The molecule has 2 aromatic heterocycles. The summed E-state index contributed by atoms with van der Waals surface area (Å²) >= 11 is 6.66. The van der Waals surface area contributed by atoms with Gasteiger partial charge in [0, 0.05) is 23.2 Å². The fourth-order valence-electron chi connectivity index (χ4n) is 4.59. The zero-order valence-corrected chi connectivity index (χ0v) is 25.2.